The molecule has 2 saturated heterocycles. The number of nitrogens with zero attached hydrogens (tertiary/aromatic N) is 3. The van der Waals surface area contributed by atoms with E-state index in [-0.39, 0.29) is 17.6 Å². The Labute approximate surface area is 174 Å². The summed E-state index contributed by atoms with van der Waals surface area (Å²) in [5.74, 6) is 0.778. The first-order valence-electron chi connectivity index (χ1n) is 10.3. The lowest BCUT2D eigenvalue weighted by atomic mass is 10.2. The van der Waals surface area contributed by atoms with Gasteiger partial charge in [0.05, 0.1) is 24.6 Å². The number of hydrogen-bond donors (Lipinski definition) is 2. The molecule has 0 saturated carbocycles. The molecule has 2 N–H and O–H groups in total. The number of aromatic amines is 1. The van der Waals surface area contributed by atoms with E-state index in [0.29, 0.717) is 25.5 Å². The normalized spacial score (nSPS) is 21.1. The molecule has 2 aromatic heterocycles. The molecule has 2 aromatic rings. The lowest BCUT2D eigenvalue weighted by Crippen LogP contribution is -2.49. The van der Waals surface area contributed by atoms with Crippen LogP contribution >= 0.6 is 11.3 Å². The maximum atomic E-state index is 12.4. The number of rotatable bonds is 6. The van der Waals surface area contributed by atoms with Crippen molar-refractivity contribution in [1.82, 2.24) is 25.1 Å². The van der Waals surface area contributed by atoms with Crippen LogP contribution < -0.4 is 10.9 Å². The monoisotopic (exact) mass is 419 g/mol. The molecule has 9 heteroatoms. The van der Waals surface area contributed by atoms with Crippen molar-refractivity contribution >= 4 is 27.5 Å². The van der Waals surface area contributed by atoms with Crippen molar-refractivity contribution in [3.8, 4) is 0 Å². The van der Waals surface area contributed by atoms with Gasteiger partial charge in [0.2, 0.25) is 5.91 Å². The van der Waals surface area contributed by atoms with Gasteiger partial charge in [-0.2, -0.15) is 0 Å². The van der Waals surface area contributed by atoms with Gasteiger partial charge < -0.3 is 15.0 Å². The molecule has 0 unspecified atom stereocenters. The smallest absolute Gasteiger partial charge is 0.259 e. The van der Waals surface area contributed by atoms with E-state index in [0.717, 1.165) is 66.3 Å². The van der Waals surface area contributed by atoms with Gasteiger partial charge in [0, 0.05) is 44.2 Å². The lowest BCUT2D eigenvalue weighted by molar-refractivity contribution is -0.123. The minimum Gasteiger partial charge on any atom is -0.376 e. The highest BCUT2D eigenvalue weighted by atomic mass is 32.1. The number of carbonyl (C=O) groups excluding carboxylic acids is 1. The van der Waals surface area contributed by atoms with Crippen molar-refractivity contribution in [2.24, 2.45) is 0 Å². The minimum absolute atomic E-state index is 0.0478. The quantitative estimate of drug-likeness (QED) is 0.726. The molecular formula is C20H29N5O3S. The zero-order chi connectivity index (χ0) is 20.4. The Bertz CT molecular complexity index is 926. The van der Waals surface area contributed by atoms with Gasteiger partial charge in [-0.25, -0.2) is 4.98 Å². The van der Waals surface area contributed by atoms with Gasteiger partial charge in [-0.15, -0.1) is 11.3 Å². The fourth-order valence-corrected chi connectivity index (χ4v) is 5.03. The van der Waals surface area contributed by atoms with E-state index in [1.165, 1.54) is 0 Å². The van der Waals surface area contributed by atoms with E-state index in [1.807, 2.05) is 13.8 Å². The first-order valence-corrected chi connectivity index (χ1v) is 11.1. The number of H-pyrrole nitrogens is 1. The molecule has 4 rings (SSSR count). The summed E-state index contributed by atoms with van der Waals surface area (Å²) in [6, 6.07) is 0. The number of nitrogens with one attached hydrogen (secondary N) is 2. The first-order chi connectivity index (χ1) is 14.0. The molecule has 0 bridgehead atoms. The molecule has 158 valence electrons. The van der Waals surface area contributed by atoms with Crippen LogP contribution in [-0.4, -0.2) is 77.7 Å². The first kappa shape index (κ1) is 20.5. The number of aryl methyl sites for hydroxylation is 2. The van der Waals surface area contributed by atoms with Crippen LogP contribution in [0.2, 0.25) is 0 Å². The van der Waals surface area contributed by atoms with E-state index < -0.39 is 0 Å². The molecule has 2 aliphatic rings. The Kier molecular flexibility index (Phi) is 6.29. The van der Waals surface area contributed by atoms with Crippen LogP contribution in [0, 0.1) is 13.8 Å². The second-order valence-electron chi connectivity index (χ2n) is 7.97. The number of carbonyl (C=O) groups is 1. The van der Waals surface area contributed by atoms with Crippen molar-refractivity contribution in [2.45, 2.75) is 39.3 Å². The zero-order valence-corrected chi connectivity index (χ0v) is 17.9. The second-order valence-corrected chi connectivity index (χ2v) is 9.17. The van der Waals surface area contributed by atoms with Crippen molar-refractivity contribution in [3.05, 3.63) is 26.6 Å². The molecule has 0 aromatic carbocycles. The highest BCUT2D eigenvalue weighted by molar-refractivity contribution is 7.18. The molecule has 29 heavy (non-hydrogen) atoms. The minimum atomic E-state index is -0.0478. The number of piperazine rings is 1. The van der Waals surface area contributed by atoms with E-state index in [2.05, 4.69) is 25.1 Å². The number of amides is 1. The van der Waals surface area contributed by atoms with E-state index in [1.54, 1.807) is 11.3 Å². The van der Waals surface area contributed by atoms with E-state index >= 15 is 0 Å². The summed E-state index contributed by atoms with van der Waals surface area (Å²) in [4.78, 5) is 38.6. The van der Waals surface area contributed by atoms with Gasteiger partial charge in [-0.3, -0.25) is 19.4 Å². The van der Waals surface area contributed by atoms with Crippen molar-refractivity contribution in [3.63, 3.8) is 0 Å². The summed E-state index contributed by atoms with van der Waals surface area (Å²) in [6.07, 6.45) is 2.30. The number of fused-ring (bicyclic) bond motifs is 1. The molecule has 8 nitrogen and oxygen atoms in total. The summed E-state index contributed by atoms with van der Waals surface area (Å²) >= 11 is 1.58. The third kappa shape index (κ3) is 4.85. The average Bonchev–Trinajstić information content (AvgIpc) is 3.30. The standard InChI is InChI=1S/C20H29N5O3S/c1-13-14(2)29-20-18(13)19(27)22-16(23-20)11-24-5-7-25(8-6-24)12-17(26)21-10-15-4-3-9-28-15/h15H,3-12H2,1-2H3,(H,21,26)(H,22,23,27)/t15-/m0/s1. The van der Waals surface area contributed by atoms with Gasteiger partial charge in [0.1, 0.15) is 10.7 Å². The second kappa shape index (κ2) is 8.91. The third-order valence-electron chi connectivity index (χ3n) is 5.84. The fraction of sp³-hybridized carbons (Fsp3) is 0.650. The van der Waals surface area contributed by atoms with Gasteiger partial charge in [0.15, 0.2) is 0 Å². The van der Waals surface area contributed by atoms with Crippen LogP contribution in [0.4, 0.5) is 0 Å². The molecule has 1 amide bonds. The van der Waals surface area contributed by atoms with Crippen LogP contribution in [0.3, 0.4) is 0 Å². The van der Waals surface area contributed by atoms with Crippen molar-refractivity contribution in [2.75, 3.05) is 45.9 Å². The highest BCUT2D eigenvalue weighted by Crippen LogP contribution is 2.25. The molecule has 2 aliphatic heterocycles. The van der Waals surface area contributed by atoms with Gasteiger partial charge >= 0.3 is 0 Å². The lowest BCUT2D eigenvalue weighted by Gasteiger charge is -2.33. The Hall–Kier alpha value is -1.81. The van der Waals surface area contributed by atoms with Crippen LogP contribution in [0.15, 0.2) is 4.79 Å². The molecule has 1 atom stereocenters. The van der Waals surface area contributed by atoms with Crippen LogP contribution in [-0.2, 0) is 16.1 Å². The number of ether oxygens (including phenoxy) is 1. The molecule has 4 heterocycles. The fourth-order valence-electron chi connectivity index (χ4n) is 3.98. The molecule has 0 aliphatic carbocycles. The molecule has 0 radical (unpaired) electrons. The Morgan fingerprint density at radius 2 is 2.03 bits per heavy atom. The molecule has 0 spiro atoms. The van der Waals surface area contributed by atoms with Crippen molar-refractivity contribution in [1.29, 1.82) is 0 Å². The van der Waals surface area contributed by atoms with Crippen molar-refractivity contribution < 1.29 is 9.53 Å². The van der Waals surface area contributed by atoms with Crippen LogP contribution in [0.5, 0.6) is 0 Å². The molecule has 2 fully saturated rings. The summed E-state index contributed by atoms with van der Waals surface area (Å²) < 4.78 is 5.54. The number of hydrogen-bond acceptors (Lipinski definition) is 7. The summed E-state index contributed by atoms with van der Waals surface area (Å²) in [5.41, 5.74) is 0.977. The summed E-state index contributed by atoms with van der Waals surface area (Å²) in [6.45, 7) is 9.83. The maximum absolute atomic E-state index is 12.4. The van der Waals surface area contributed by atoms with Gasteiger partial charge in [-0.05, 0) is 32.3 Å². The predicted octanol–water partition coefficient (Wildman–Crippen LogP) is 1.01. The van der Waals surface area contributed by atoms with Gasteiger partial charge in [0.25, 0.3) is 5.56 Å². The Morgan fingerprint density at radius 3 is 2.76 bits per heavy atom. The van der Waals surface area contributed by atoms with Gasteiger partial charge in [-0.1, -0.05) is 0 Å². The third-order valence-corrected chi connectivity index (χ3v) is 6.95. The van der Waals surface area contributed by atoms with E-state index in [9.17, 15) is 9.59 Å². The highest BCUT2D eigenvalue weighted by Gasteiger charge is 2.21. The summed E-state index contributed by atoms with van der Waals surface area (Å²) in [7, 11) is 0. The maximum Gasteiger partial charge on any atom is 0.259 e. The molecular weight excluding hydrogens is 390 g/mol. The SMILES string of the molecule is Cc1sc2nc(CN3CCN(CC(=O)NC[C@@H]4CCCO4)CC3)[nH]c(=O)c2c1C. The van der Waals surface area contributed by atoms with E-state index in [4.69, 9.17) is 4.74 Å². The van der Waals surface area contributed by atoms with Crippen LogP contribution in [0.1, 0.15) is 29.1 Å². The zero-order valence-electron chi connectivity index (χ0n) is 17.1. The predicted molar refractivity (Wildman–Crippen MR) is 113 cm³/mol. The average molecular weight is 420 g/mol. The number of thiophene rings is 1. The Morgan fingerprint density at radius 1 is 1.28 bits per heavy atom. The Balaban J connectivity index is 1.26. The number of aromatic nitrogens is 2. The largest absolute Gasteiger partial charge is 0.376 e. The topological polar surface area (TPSA) is 90.6 Å². The summed E-state index contributed by atoms with van der Waals surface area (Å²) in [5, 5.41) is 3.70. The van der Waals surface area contributed by atoms with Crippen LogP contribution in [0.25, 0.3) is 10.2 Å².